The van der Waals surface area contributed by atoms with Crippen molar-refractivity contribution in [2.24, 2.45) is 5.92 Å². The van der Waals surface area contributed by atoms with Crippen LogP contribution < -0.4 is 0 Å². The molecule has 0 amide bonds. The number of likely N-dealkylation sites (tertiary alicyclic amines) is 1. The minimum Gasteiger partial charge on any atom is -0.480 e. The van der Waals surface area contributed by atoms with Gasteiger partial charge in [-0.1, -0.05) is 25.0 Å². The van der Waals surface area contributed by atoms with Gasteiger partial charge in [0.2, 0.25) is 0 Å². The van der Waals surface area contributed by atoms with Crippen LogP contribution in [0.4, 0.5) is 4.39 Å². The zero-order valence-electron chi connectivity index (χ0n) is 11.8. The van der Waals surface area contributed by atoms with Gasteiger partial charge in [0.25, 0.3) is 0 Å². The summed E-state index contributed by atoms with van der Waals surface area (Å²) in [4.78, 5) is 13.6. The summed E-state index contributed by atoms with van der Waals surface area (Å²) in [5.41, 5.74) is 0.571. The fourth-order valence-electron chi connectivity index (χ4n) is 3.89. The molecule has 0 bridgehead atoms. The Morgan fingerprint density at radius 1 is 1.38 bits per heavy atom. The Bertz CT molecular complexity index is 551. The Morgan fingerprint density at radius 2 is 2.14 bits per heavy atom. The summed E-state index contributed by atoms with van der Waals surface area (Å²) in [5.74, 6) is -0.601. The first-order valence-corrected chi connectivity index (χ1v) is 8.28. The highest BCUT2D eigenvalue weighted by Gasteiger charge is 2.45. The molecule has 0 spiro atoms. The number of aliphatic carboxylic acids is 1. The van der Waals surface area contributed by atoms with E-state index in [4.69, 9.17) is 0 Å². The van der Waals surface area contributed by atoms with Gasteiger partial charge in [-0.05, 0) is 47.2 Å². The fourth-order valence-corrected chi connectivity index (χ4v) is 4.30. The first-order chi connectivity index (χ1) is 10.1. The molecule has 1 N–H and O–H groups in total. The van der Waals surface area contributed by atoms with Gasteiger partial charge in [0.1, 0.15) is 11.9 Å². The van der Waals surface area contributed by atoms with E-state index in [2.05, 4.69) is 15.9 Å². The topological polar surface area (TPSA) is 40.5 Å². The van der Waals surface area contributed by atoms with Crippen molar-refractivity contribution in [2.45, 2.75) is 50.7 Å². The number of nitrogens with zero attached hydrogens (tertiary/aromatic N) is 1. The van der Waals surface area contributed by atoms with Crippen LogP contribution >= 0.6 is 15.9 Å². The highest BCUT2D eigenvalue weighted by Crippen LogP contribution is 2.40. The molecular weight excluding hydrogens is 337 g/mol. The number of hydrogen-bond donors (Lipinski definition) is 1. The van der Waals surface area contributed by atoms with Crippen LogP contribution in [0.5, 0.6) is 0 Å². The summed E-state index contributed by atoms with van der Waals surface area (Å²) in [5, 5.41) is 9.49. The Balaban J connectivity index is 1.86. The molecule has 114 valence electrons. The van der Waals surface area contributed by atoms with Crippen LogP contribution in [-0.4, -0.2) is 28.1 Å². The summed E-state index contributed by atoms with van der Waals surface area (Å²) in [6.45, 7) is 0.378. The highest BCUT2D eigenvalue weighted by molar-refractivity contribution is 9.10. The van der Waals surface area contributed by atoms with Crippen LogP contribution in [0.15, 0.2) is 22.7 Å². The molecule has 0 aromatic heterocycles. The third-order valence-corrected chi connectivity index (χ3v) is 5.50. The first kappa shape index (κ1) is 15.0. The van der Waals surface area contributed by atoms with E-state index in [1.807, 2.05) is 4.90 Å². The third-order valence-electron chi connectivity index (χ3n) is 4.89. The zero-order valence-corrected chi connectivity index (χ0v) is 13.4. The standard InChI is InChI=1S/C16H19BrFNO2/c17-12-6-3-5-11(15(12)18)9-19-13-7-2-1-4-10(13)8-14(19)16(20)21/h3,5-6,10,13-14H,1-2,4,7-9H2,(H,20,21). The minimum atomic E-state index is -0.778. The Hall–Kier alpha value is -0.940. The lowest BCUT2D eigenvalue weighted by Crippen LogP contribution is -2.41. The lowest BCUT2D eigenvalue weighted by atomic mass is 9.84. The normalized spacial score (nSPS) is 29.3. The van der Waals surface area contributed by atoms with Gasteiger partial charge in [0.05, 0.1) is 4.47 Å². The molecule has 1 saturated heterocycles. The Labute approximate surface area is 132 Å². The Morgan fingerprint density at radius 3 is 2.90 bits per heavy atom. The van der Waals surface area contributed by atoms with E-state index >= 15 is 0 Å². The second-order valence-corrected chi connectivity index (χ2v) is 6.94. The highest BCUT2D eigenvalue weighted by atomic mass is 79.9. The zero-order chi connectivity index (χ0) is 15.0. The maximum absolute atomic E-state index is 14.2. The van der Waals surface area contributed by atoms with Crippen LogP contribution in [0, 0.1) is 11.7 Å². The average molecular weight is 356 g/mol. The molecule has 1 aromatic rings. The van der Waals surface area contributed by atoms with E-state index in [1.54, 1.807) is 18.2 Å². The molecule has 3 nitrogen and oxygen atoms in total. The predicted molar refractivity (Wildman–Crippen MR) is 81.4 cm³/mol. The van der Waals surface area contributed by atoms with E-state index in [1.165, 1.54) is 6.42 Å². The van der Waals surface area contributed by atoms with Crippen molar-refractivity contribution in [1.29, 1.82) is 0 Å². The van der Waals surface area contributed by atoms with Crippen LogP contribution in [-0.2, 0) is 11.3 Å². The van der Waals surface area contributed by atoms with Crippen molar-refractivity contribution in [1.82, 2.24) is 4.90 Å². The van der Waals surface area contributed by atoms with Gasteiger partial charge < -0.3 is 5.11 Å². The summed E-state index contributed by atoms with van der Waals surface area (Å²) in [6.07, 6.45) is 5.17. The van der Waals surface area contributed by atoms with E-state index in [-0.39, 0.29) is 5.82 Å². The van der Waals surface area contributed by atoms with Gasteiger partial charge in [-0.3, -0.25) is 9.69 Å². The van der Waals surface area contributed by atoms with Gasteiger partial charge in [-0.25, -0.2) is 4.39 Å². The summed E-state index contributed by atoms with van der Waals surface area (Å²) in [7, 11) is 0. The van der Waals surface area contributed by atoms with Gasteiger partial charge >= 0.3 is 5.97 Å². The van der Waals surface area contributed by atoms with Gasteiger partial charge in [0.15, 0.2) is 0 Å². The molecule has 1 aliphatic carbocycles. The average Bonchev–Trinajstić information content (AvgIpc) is 2.83. The van der Waals surface area contributed by atoms with Crippen LogP contribution in [0.1, 0.15) is 37.7 Å². The number of rotatable bonds is 3. The lowest BCUT2D eigenvalue weighted by Gasteiger charge is -2.33. The van der Waals surface area contributed by atoms with Crippen molar-refractivity contribution in [3.63, 3.8) is 0 Å². The molecule has 1 heterocycles. The smallest absolute Gasteiger partial charge is 0.320 e. The molecule has 5 heteroatoms. The van der Waals surface area contributed by atoms with E-state index in [0.29, 0.717) is 35.0 Å². The van der Waals surface area contributed by atoms with Gasteiger partial charge in [-0.2, -0.15) is 0 Å². The molecule has 1 saturated carbocycles. The number of benzene rings is 1. The van der Waals surface area contributed by atoms with Crippen molar-refractivity contribution >= 4 is 21.9 Å². The molecule has 3 atom stereocenters. The van der Waals surface area contributed by atoms with Crippen molar-refractivity contribution in [3.8, 4) is 0 Å². The minimum absolute atomic E-state index is 0.277. The maximum atomic E-state index is 14.2. The summed E-state index contributed by atoms with van der Waals surface area (Å²) < 4.78 is 14.6. The monoisotopic (exact) mass is 355 g/mol. The molecule has 3 unspecified atom stereocenters. The van der Waals surface area contributed by atoms with E-state index in [9.17, 15) is 14.3 Å². The molecule has 2 fully saturated rings. The second kappa shape index (κ2) is 6.05. The molecule has 2 aliphatic rings. The number of carbonyl (C=O) groups is 1. The number of fused-ring (bicyclic) bond motifs is 1. The summed E-state index contributed by atoms with van der Waals surface area (Å²) >= 11 is 3.20. The SMILES string of the molecule is O=C(O)C1CC2CCCCC2N1Cc1cccc(Br)c1F. The van der Waals surface area contributed by atoms with Gasteiger partial charge in [0, 0.05) is 18.2 Å². The predicted octanol–water partition coefficient (Wildman–Crippen LogP) is 3.81. The third kappa shape index (κ3) is 2.86. The molecule has 0 radical (unpaired) electrons. The molecule has 1 aliphatic heterocycles. The summed E-state index contributed by atoms with van der Waals surface area (Å²) in [6, 6.07) is 5.03. The number of carboxylic acid groups (broad SMARTS) is 1. The van der Waals surface area contributed by atoms with Crippen LogP contribution in [0.3, 0.4) is 0 Å². The quantitative estimate of drug-likeness (QED) is 0.896. The Kier molecular flexibility index (Phi) is 4.31. The van der Waals surface area contributed by atoms with Crippen molar-refractivity contribution < 1.29 is 14.3 Å². The van der Waals surface area contributed by atoms with E-state index in [0.717, 1.165) is 19.3 Å². The van der Waals surface area contributed by atoms with Crippen LogP contribution in [0.25, 0.3) is 0 Å². The molecule has 21 heavy (non-hydrogen) atoms. The van der Waals surface area contributed by atoms with E-state index < -0.39 is 12.0 Å². The molecule has 1 aromatic carbocycles. The number of hydrogen-bond acceptors (Lipinski definition) is 2. The number of carboxylic acids is 1. The lowest BCUT2D eigenvalue weighted by molar-refractivity contribution is -0.142. The molecule has 3 rings (SSSR count). The van der Waals surface area contributed by atoms with Crippen molar-refractivity contribution in [3.05, 3.63) is 34.1 Å². The van der Waals surface area contributed by atoms with Gasteiger partial charge in [-0.15, -0.1) is 0 Å². The van der Waals surface area contributed by atoms with Crippen molar-refractivity contribution in [2.75, 3.05) is 0 Å². The van der Waals surface area contributed by atoms with Crippen LogP contribution in [0.2, 0.25) is 0 Å². The number of halogens is 2. The maximum Gasteiger partial charge on any atom is 0.320 e. The fraction of sp³-hybridized carbons (Fsp3) is 0.562. The first-order valence-electron chi connectivity index (χ1n) is 7.49. The second-order valence-electron chi connectivity index (χ2n) is 6.09. The largest absolute Gasteiger partial charge is 0.480 e. The molecular formula is C16H19BrFNO2.